The highest BCUT2D eigenvalue weighted by Gasteiger charge is 2.11. The topological polar surface area (TPSA) is 110 Å². The van der Waals surface area contributed by atoms with Crippen LogP contribution in [0.15, 0.2) is 0 Å². The Morgan fingerprint density at radius 3 is 2.17 bits per heavy atom. The van der Waals surface area contributed by atoms with Crippen LogP contribution in [0.1, 0.15) is 12.8 Å². The molecule has 0 bridgehead atoms. The Hall–Kier alpha value is -0.210. The van der Waals surface area contributed by atoms with Crippen LogP contribution >= 0.6 is 0 Å². The highest BCUT2D eigenvalue weighted by atomic mass is 32.3. The van der Waals surface area contributed by atoms with E-state index in [2.05, 4.69) is 0 Å². The quantitative estimate of drug-likeness (QED) is 0.490. The van der Waals surface area contributed by atoms with E-state index < -0.39 is 10.4 Å². The minimum Gasteiger partial charge on any atom is -0.377 e. The van der Waals surface area contributed by atoms with E-state index in [-0.39, 0.29) is 0 Å². The highest BCUT2D eigenvalue weighted by Crippen LogP contribution is 2.09. The number of rotatable bonds is 1. The van der Waals surface area contributed by atoms with Gasteiger partial charge in [0.2, 0.25) is 0 Å². The summed E-state index contributed by atoms with van der Waals surface area (Å²) in [4.78, 5) is 0. The van der Waals surface area contributed by atoms with Gasteiger partial charge in [-0.05, 0) is 12.8 Å². The van der Waals surface area contributed by atoms with Crippen LogP contribution in [-0.2, 0) is 15.1 Å². The average molecular weight is 199 g/mol. The van der Waals surface area contributed by atoms with Crippen LogP contribution in [0.2, 0.25) is 0 Å². The average Bonchev–Trinajstić information content (AvgIpc) is 2.33. The normalized spacial score (nSPS) is 23.1. The Morgan fingerprint density at radius 2 is 2.00 bits per heavy atom. The molecule has 1 unspecified atom stereocenters. The van der Waals surface area contributed by atoms with Crippen LogP contribution < -0.4 is 5.73 Å². The van der Waals surface area contributed by atoms with Crippen LogP contribution in [-0.4, -0.2) is 36.8 Å². The van der Waals surface area contributed by atoms with Crippen LogP contribution in [0.5, 0.6) is 0 Å². The molecule has 12 heavy (non-hydrogen) atoms. The van der Waals surface area contributed by atoms with E-state index in [1.165, 1.54) is 6.42 Å². The van der Waals surface area contributed by atoms with Crippen molar-refractivity contribution in [2.75, 3.05) is 13.2 Å². The van der Waals surface area contributed by atoms with Gasteiger partial charge in [0.05, 0.1) is 6.10 Å². The third-order valence-electron chi connectivity index (χ3n) is 1.29. The Bertz CT molecular complexity index is 188. The fourth-order valence-electron chi connectivity index (χ4n) is 0.830. The van der Waals surface area contributed by atoms with Crippen molar-refractivity contribution in [2.24, 2.45) is 5.73 Å². The maximum Gasteiger partial charge on any atom is 0.394 e. The second kappa shape index (κ2) is 5.44. The van der Waals surface area contributed by atoms with Crippen molar-refractivity contribution < 1.29 is 22.3 Å². The Kier molecular flexibility index (Phi) is 5.34. The standard InChI is InChI=1S/C5H11NO.H2O4S/c6-4-5-2-1-3-7-5;1-5(2,3)4/h5H,1-4,6H2;(H2,1,2,3,4). The Morgan fingerprint density at radius 1 is 1.50 bits per heavy atom. The first kappa shape index (κ1) is 11.8. The second-order valence-corrected chi connectivity index (χ2v) is 3.21. The molecule has 0 radical (unpaired) electrons. The molecule has 1 atom stereocenters. The fraction of sp³-hybridized carbons (Fsp3) is 1.00. The van der Waals surface area contributed by atoms with Gasteiger partial charge in [-0.25, -0.2) is 0 Å². The first-order valence-corrected chi connectivity index (χ1v) is 4.84. The second-order valence-electron chi connectivity index (χ2n) is 2.32. The highest BCUT2D eigenvalue weighted by molar-refractivity contribution is 7.79. The molecule has 1 rings (SSSR count). The van der Waals surface area contributed by atoms with E-state index in [1.807, 2.05) is 0 Å². The van der Waals surface area contributed by atoms with E-state index in [9.17, 15) is 0 Å². The molecule has 1 saturated heterocycles. The fourth-order valence-corrected chi connectivity index (χ4v) is 0.830. The van der Waals surface area contributed by atoms with Gasteiger partial charge in [-0.3, -0.25) is 9.11 Å². The van der Waals surface area contributed by atoms with Gasteiger partial charge in [0, 0.05) is 13.2 Å². The molecule has 0 saturated carbocycles. The van der Waals surface area contributed by atoms with Crippen LogP contribution in [0, 0.1) is 0 Å². The molecule has 7 heteroatoms. The first-order valence-electron chi connectivity index (χ1n) is 3.45. The smallest absolute Gasteiger partial charge is 0.377 e. The molecule has 1 aliphatic heterocycles. The van der Waals surface area contributed by atoms with Gasteiger partial charge < -0.3 is 10.5 Å². The van der Waals surface area contributed by atoms with E-state index in [0.29, 0.717) is 12.6 Å². The van der Waals surface area contributed by atoms with Crippen molar-refractivity contribution in [3.05, 3.63) is 0 Å². The van der Waals surface area contributed by atoms with E-state index >= 15 is 0 Å². The third kappa shape index (κ3) is 9.79. The zero-order valence-electron chi connectivity index (χ0n) is 6.51. The van der Waals surface area contributed by atoms with Gasteiger partial charge in [0.1, 0.15) is 0 Å². The van der Waals surface area contributed by atoms with Gasteiger partial charge in [0.25, 0.3) is 0 Å². The number of hydrogen-bond acceptors (Lipinski definition) is 4. The molecule has 0 aromatic carbocycles. The number of ether oxygens (including phenoxy) is 1. The molecule has 4 N–H and O–H groups in total. The summed E-state index contributed by atoms with van der Waals surface area (Å²) in [5.74, 6) is 0. The lowest BCUT2D eigenvalue weighted by atomic mass is 10.2. The minimum atomic E-state index is -4.67. The van der Waals surface area contributed by atoms with E-state index in [0.717, 1.165) is 13.0 Å². The predicted octanol–water partition coefficient (Wildman–Crippen LogP) is -0.529. The maximum atomic E-state index is 8.74. The lowest BCUT2D eigenvalue weighted by Crippen LogP contribution is -2.17. The van der Waals surface area contributed by atoms with Gasteiger partial charge in [0.15, 0.2) is 0 Å². The van der Waals surface area contributed by atoms with Crippen molar-refractivity contribution in [3.63, 3.8) is 0 Å². The molecule has 1 aliphatic rings. The zero-order valence-corrected chi connectivity index (χ0v) is 7.33. The summed E-state index contributed by atoms with van der Waals surface area (Å²) in [7, 11) is -4.67. The maximum absolute atomic E-state index is 8.74. The molecular formula is C5H13NO5S. The molecular weight excluding hydrogens is 186 g/mol. The van der Waals surface area contributed by atoms with Crippen molar-refractivity contribution in [3.8, 4) is 0 Å². The van der Waals surface area contributed by atoms with Crippen LogP contribution in [0.3, 0.4) is 0 Å². The Labute approximate surface area is 71.3 Å². The third-order valence-corrected chi connectivity index (χ3v) is 1.29. The Balaban J connectivity index is 0.000000217. The summed E-state index contributed by atoms with van der Waals surface area (Å²) in [6, 6.07) is 0. The first-order chi connectivity index (χ1) is 5.43. The van der Waals surface area contributed by atoms with Crippen molar-refractivity contribution >= 4 is 10.4 Å². The van der Waals surface area contributed by atoms with Gasteiger partial charge in [-0.2, -0.15) is 8.42 Å². The number of nitrogens with two attached hydrogens (primary N) is 1. The summed E-state index contributed by atoms with van der Waals surface area (Å²) in [6.07, 6.45) is 2.73. The van der Waals surface area contributed by atoms with Crippen LogP contribution in [0.25, 0.3) is 0 Å². The molecule has 0 aliphatic carbocycles. The van der Waals surface area contributed by atoms with Crippen molar-refractivity contribution in [1.82, 2.24) is 0 Å². The zero-order chi connectivity index (χ0) is 9.61. The monoisotopic (exact) mass is 199 g/mol. The van der Waals surface area contributed by atoms with Gasteiger partial charge in [-0.1, -0.05) is 0 Å². The summed E-state index contributed by atoms with van der Waals surface area (Å²) >= 11 is 0. The number of hydrogen-bond donors (Lipinski definition) is 3. The molecule has 0 aromatic rings. The predicted molar refractivity (Wildman–Crippen MR) is 42.2 cm³/mol. The molecule has 1 fully saturated rings. The minimum absolute atomic E-state index is 0.375. The van der Waals surface area contributed by atoms with Gasteiger partial charge >= 0.3 is 10.4 Å². The molecule has 74 valence electrons. The van der Waals surface area contributed by atoms with E-state index in [4.69, 9.17) is 28.0 Å². The molecule has 0 amide bonds. The molecule has 6 nitrogen and oxygen atoms in total. The molecule has 1 heterocycles. The van der Waals surface area contributed by atoms with Crippen LogP contribution in [0.4, 0.5) is 0 Å². The van der Waals surface area contributed by atoms with Crippen molar-refractivity contribution in [2.45, 2.75) is 18.9 Å². The largest absolute Gasteiger partial charge is 0.394 e. The lowest BCUT2D eigenvalue weighted by Gasteiger charge is -2.01. The summed E-state index contributed by atoms with van der Waals surface area (Å²) < 4.78 is 36.8. The summed E-state index contributed by atoms with van der Waals surface area (Å²) in [6.45, 7) is 1.61. The van der Waals surface area contributed by atoms with Crippen molar-refractivity contribution in [1.29, 1.82) is 0 Å². The van der Waals surface area contributed by atoms with Gasteiger partial charge in [-0.15, -0.1) is 0 Å². The SMILES string of the molecule is NCC1CCCO1.O=S(=O)(O)O. The van der Waals surface area contributed by atoms with E-state index in [1.54, 1.807) is 0 Å². The molecule has 0 spiro atoms. The summed E-state index contributed by atoms with van der Waals surface area (Å²) in [5, 5.41) is 0. The lowest BCUT2D eigenvalue weighted by molar-refractivity contribution is 0.117. The molecule has 0 aromatic heterocycles. The summed E-state index contributed by atoms with van der Waals surface area (Å²) in [5.41, 5.74) is 5.31.